The van der Waals surface area contributed by atoms with E-state index in [-0.39, 0.29) is 12.5 Å². The maximum atomic E-state index is 12.8. The summed E-state index contributed by atoms with van der Waals surface area (Å²) in [6.07, 6.45) is 0.936. The van der Waals surface area contributed by atoms with Crippen LogP contribution in [0.15, 0.2) is 30.3 Å². The van der Waals surface area contributed by atoms with Crippen LogP contribution in [-0.4, -0.2) is 41.5 Å². The summed E-state index contributed by atoms with van der Waals surface area (Å²) in [5.41, 5.74) is 0.839. The maximum absolute atomic E-state index is 12.8. The molecule has 0 aromatic heterocycles. The van der Waals surface area contributed by atoms with E-state index in [1.165, 1.54) is 4.90 Å². The smallest absolute Gasteiger partial charge is 0.408 e. The number of amides is 2. The second-order valence-electron chi connectivity index (χ2n) is 6.58. The molecule has 0 bridgehead atoms. The van der Waals surface area contributed by atoms with Gasteiger partial charge < -0.3 is 15.0 Å². The zero-order valence-corrected chi connectivity index (χ0v) is 15.1. The molecule has 2 rings (SSSR count). The molecule has 7 nitrogen and oxygen atoms in total. The van der Waals surface area contributed by atoms with Crippen molar-refractivity contribution in [2.45, 2.75) is 51.8 Å². The fourth-order valence-electron chi connectivity index (χ4n) is 3.03. The normalized spacial score (nSPS) is 18.8. The van der Waals surface area contributed by atoms with Crippen molar-refractivity contribution in [3.8, 4) is 0 Å². The lowest BCUT2D eigenvalue weighted by Crippen LogP contribution is -2.54. The highest BCUT2D eigenvalue weighted by Gasteiger charge is 2.39. The Morgan fingerprint density at radius 1 is 1.27 bits per heavy atom. The Balaban J connectivity index is 2.01. The number of nitrogens with zero attached hydrogens (tertiary/aromatic N) is 1. The number of alkyl carbamates (subject to hydrolysis) is 1. The van der Waals surface area contributed by atoms with Crippen LogP contribution >= 0.6 is 0 Å². The standard InChI is InChI=1S/C19H25N2O5/c1-3-13(2)16(17(22)21-11-7-10-15(21)18(23)24)20-19(25)26-12-14-8-5-4-6-9-14/h4-6,8-9,13,15-16H,3,7,10-12H2,1-2H3,(H,20,25)/t13-,15-,16-/m0/s1. The van der Waals surface area contributed by atoms with Crippen LogP contribution in [0, 0.1) is 5.92 Å². The van der Waals surface area contributed by atoms with Gasteiger partial charge in [0, 0.05) is 6.54 Å². The molecule has 26 heavy (non-hydrogen) atoms. The van der Waals surface area contributed by atoms with Crippen molar-refractivity contribution in [2.24, 2.45) is 5.92 Å². The Kier molecular flexibility index (Phi) is 7.00. The summed E-state index contributed by atoms with van der Waals surface area (Å²) in [4.78, 5) is 37.5. The first-order valence-electron chi connectivity index (χ1n) is 8.92. The number of carbonyl (C=O) groups excluding carboxylic acids is 3. The van der Waals surface area contributed by atoms with Gasteiger partial charge in [0.05, 0.1) is 0 Å². The quantitative estimate of drug-likeness (QED) is 0.806. The highest BCUT2D eigenvalue weighted by Crippen LogP contribution is 2.21. The van der Waals surface area contributed by atoms with Crippen molar-refractivity contribution in [1.82, 2.24) is 10.2 Å². The van der Waals surface area contributed by atoms with Crippen molar-refractivity contribution < 1.29 is 24.2 Å². The number of ether oxygens (including phenoxy) is 1. The van der Waals surface area contributed by atoms with Crippen LogP contribution < -0.4 is 5.32 Å². The highest BCUT2D eigenvalue weighted by atomic mass is 16.5. The molecular formula is C19H25N2O5. The molecule has 1 fully saturated rings. The van der Waals surface area contributed by atoms with E-state index >= 15 is 0 Å². The molecule has 1 heterocycles. The number of likely N-dealkylation sites (tertiary alicyclic amines) is 1. The first kappa shape index (κ1) is 19.8. The first-order valence-corrected chi connectivity index (χ1v) is 8.92. The molecule has 7 heteroatoms. The molecule has 1 radical (unpaired) electrons. The van der Waals surface area contributed by atoms with Gasteiger partial charge in [-0.15, -0.1) is 0 Å². The molecule has 0 unspecified atom stereocenters. The third-order valence-corrected chi connectivity index (χ3v) is 4.77. The molecule has 1 aliphatic heterocycles. The summed E-state index contributed by atoms with van der Waals surface area (Å²) in [5, 5.41) is 13.9. The van der Waals surface area contributed by atoms with E-state index in [9.17, 15) is 19.5 Å². The monoisotopic (exact) mass is 361 g/mol. The van der Waals surface area contributed by atoms with Gasteiger partial charge in [-0.05, 0) is 24.3 Å². The van der Waals surface area contributed by atoms with Crippen LogP contribution in [0.4, 0.5) is 4.79 Å². The van der Waals surface area contributed by atoms with Gasteiger partial charge in [0.25, 0.3) is 0 Å². The molecule has 141 valence electrons. The average Bonchev–Trinajstić information content (AvgIpc) is 3.14. The zero-order valence-electron chi connectivity index (χ0n) is 15.1. The van der Waals surface area contributed by atoms with Gasteiger partial charge in [-0.25, -0.2) is 14.7 Å². The molecule has 0 aliphatic carbocycles. The van der Waals surface area contributed by atoms with Gasteiger partial charge in [0.15, 0.2) is 0 Å². The SMILES string of the molecule is CC[C@H](C)[C@H](NC(=O)OCc1ccccc1)C(=O)N1CCC[C@H]1C([O])=O. The topological polar surface area (TPSA) is 95.6 Å². The van der Waals surface area contributed by atoms with Gasteiger partial charge in [-0.1, -0.05) is 50.6 Å². The number of benzene rings is 1. The minimum Gasteiger partial charge on any atom is -0.445 e. The minimum absolute atomic E-state index is 0.0967. The van der Waals surface area contributed by atoms with E-state index in [1.807, 2.05) is 44.2 Å². The number of rotatable bonds is 7. The van der Waals surface area contributed by atoms with Crippen molar-refractivity contribution in [3.05, 3.63) is 35.9 Å². The molecule has 1 aliphatic rings. The van der Waals surface area contributed by atoms with E-state index in [4.69, 9.17) is 4.74 Å². The largest absolute Gasteiger partial charge is 0.445 e. The van der Waals surface area contributed by atoms with Crippen LogP contribution in [0.5, 0.6) is 0 Å². The maximum Gasteiger partial charge on any atom is 0.408 e. The lowest BCUT2D eigenvalue weighted by Gasteiger charge is -2.29. The first-order chi connectivity index (χ1) is 12.4. The number of nitrogens with one attached hydrogen (secondary N) is 1. The summed E-state index contributed by atoms with van der Waals surface area (Å²) in [5.74, 6) is -1.82. The third kappa shape index (κ3) is 4.97. The Morgan fingerprint density at radius 2 is 1.96 bits per heavy atom. The summed E-state index contributed by atoms with van der Waals surface area (Å²) < 4.78 is 5.19. The zero-order chi connectivity index (χ0) is 19.1. The lowest BCUT2D eigenvalue weighted by molar-refractivity contribution is -0.154. The highest BCUT2D eigenvalue weighted by molar-refractivity contribution is 5.89. The number of carbonyl (C=O) groups is 3. The van der Waals surface area contributed by atoms with Crippen LogP contribution in [0.25, 0.3) is 0 Å². The molecule has 1 aromatic carbocycles. The summed E-state index contributed by atoms with van der Waals surface area (Å²) in [7, 11) is 0. The lowest BCUT2D eigenvalue weighted by atomic mass is 9.97. The third-order valence-electron chi connectivity index (χ3n) is 4.77. The number of hydrogen-bond donors (Lipinski definition) is 1. The minimum atomic E-state index is -1.26. The summed E-state index contributed by atoms with van der Waals surface area (Å²) in [6, 6.07) is 7.45. The van der Waals surface area contributed by atoms with E-state index < -0.39 is 30.1 Å². The molecule has 1 saturated heterocycles. The molecular weight excluding hydrogens is 336 g/mol. The van der Waals surface area contributed by atoms with Gasteiger partial charge in [0.2, 0.25) is 5.91 Å². The molecule has 1 aromatic rings. The van der Waals surface area contributed by atoms with Gasteiger partial charge >= 0.3 is 12.1 Å². The fourth-order valence-corrected chi connectivity index (χ4v) is 3.03. The van der Waals surface area contributed by atoms with Crippen LogP contribution in [-0.2, 0) is 26.0 Å². The molecule has 0 spiro atoms. The molecule has 0 saturated carbocycles. The fraction of sp³-hybridized carbons (Fsp3) is 0.526. The Labute approximate surface area is 153 Å². The Morgan fingerprint density at radius 3 is 2.58 bits per heavy atom. The van der Waals surface area contributed by atoms with Crippen LogP contribution in [0.1, 0.15) is 38.7 Å². The van der Waals surface area contributed by atoms with Crippen molar-refractivity contribution >= 4 is 18.0 Å². The number of hydrogen-bond acceptors (Lipinski definition) is 4. The van der Waals surface area contributed by atoms with E-state index in [0.717, 1.165) is 5.56 Å². The second kappa shape index (κ2) is 9.22. The summed E-state index contributed by atoms with van der Waals surface area (Å²) in [6.45, 7) is 4.19. The van der Waals surface area contributed by atoms with Gasteiger partial charge in [-0.2, -0.15) is 0 Å². The van der Waals surface area contributed by atoms with E-state index in [1.54, 1.807) is 0 Å². The van der Waals surface area contributed by atoms with Crippen LogP contribution in [0.2, 0.25) is 0 Å². The average molecular weight is 361 g/mol. The summed E-state index contributed by atoms with van der Waals surface area (Å²) >= 11 is 0. The molecule has 1 N–H and O–H groups in total. The predicted molar refractivity (Wildman–Crippen MR) is 93.4 cm³/mol. The van der Waals surface area contributed by atoms with Crippen molar-refractivity contribution in [3.63, 3.8) is 0 Å². The molecule has 3 atom stereocenters. The molecule has 2 amide bonds. The Hall–Kier alpha value is -2.57. The van der Waals surface area contributed by atoms with Crippen molar-refractivity contribution in [1.29, 1.82) is 0 Å². The van der Waals surface area contributed by atoms with E-state index in [0.29, 0.717) is 25.8 Å². The predicted octanol–water partition coefficient (Wildman–Crippen LogP) is 2.28. The van der Waals surface area contributed by atoms with Crippen molar-refractivity contribution in [2.75, 3.05) is 6.54 Å². The van der Waals surface area contributed by atoms with Crippen LogP contribution in [0.3, 0.4) is 0 Å². The van der Waals surface area contributed by atoms with Gasteiger partial charge in [-0.3, -0.25) is 4.79 Å². The Bertz CT molecular complexity index is 634. The van der Waals surface area contributed by atoms with Gasteiger partial charge in [0.1, 0.15) is 18.7 Å². The second-order valence-corrected chi connectivity index (χ2v) is 6.58. The van der Waals surface area contributed by atoms with E-state index in [2.05, 4.69) is 5.32 Å².